The number of hydrogen-bond donors (Lipinski definition) is 2. The summed E-state index contributed by atoms with van der Waals surface area (Å²) >= 11 is 7.11. The lowest BCUT2D eigenvalue weighted by Gasteiger charge is -2.08. The first-order valence-corrected chi connectivity index (χ1v) is 8.46. The number of carboxylic acids is 1. The number of benzene rings is 1. The van der Waals surface area contributed by atoms with Crippen LogP contribution >= 0.6 is 22.9 Å². The van der Waals surface area contributed by atoms with Gasteiger partial charge in [0.2, 0.25) is 0 Å². The number of fused-ring (bicyclic) bond motifs is 1. The number of pyridine rings is 1. The quantitative estimate of drug-likeness (QED) is 0.717. The highest BCUT2D eigenvalue weighted by Crippen LogP contribution is 2.45. The van der Waals surface area contributed by atoms with Crippen molar-refractivity contribution in [3.63, 3.8) is 0 Å². The fourth-order valence-electron chi connectivity index (χ4n) is 2.74. The van der Waals surface area contributed by atoms with Crippen molar-refractivity contribution in [3.8, 4) is 11.1 Å². The molecule has 1 aliphatic carbocycles. The fraction of sp³-hybridized carbons (Fsp3) is 0.176. The fourth-order valence-corrected chi connectivity index (χ4v) is 3.84. The number of halogens is 1. The number of aromatic nitrogens is 1. The number of nitrogen functional groups attached to an aromatic ring is 1. The van der Waals surface area contributed by atoms with E-state index < -0.39 is 5.97 Å². The number of hydrogen-bond acceptors (Lipinski definition) is 4. The van der Waals surface area contributed by atoms with Crippen molar-refractivity contribution in [2.24, 2.45) is 0 Å². The van der Waals surface area contributed by atoms with Crippen LogP contribution in [0.25, 0.3) is 21.3 Å². The van der Waals surface area contributed by atoms with Crippen LogP contribution in [0.1, 0.15) is 34.1 Å². The molecule has 1 saturated carbocycles. The molecule has 0 bridgehead atoms. The predicted molar refractivity (Wildman–Crippen MR) is 93.4 cm³/mol. The topological polar surface area (TPSA) is 76.2 Å². The number of aromatic carboxylic acids is 1. The van der Waals surface area contributed by atoms with Gasteiger partial charge in [0.05, 0.1) is 5.69 Å². The predicted octanol–water partition coefficient (Wildman–Crippen LogP) is 4.77. The summed E-state index contributed by atoms with van der Waals surface area (Å²) in [6, 6.07) is 9.52. The highest BCUT2D eigenvalue weighted by atomic mass is 35.5. The van der Waals surface area contributed by atoms with Crippen molar-refractivity contribution in [2.45, 2.75) is 18.8 Å². The second-order valence-corrected chi connectivity index (χ2v) is 7.14. The molecular weight excluding hydrogens is 332 g/mol. The van der Waals surface area contributed by atoms with Gasteiger partial charge in [0, 0.05) is 22.0 Å². The minimum absolute atomic E-state index is 0.149. The van der Waals surface area contributed by atoms with E-state index in [1.54, 1.807) is 0 Å². The number of carboxylic acid groups (broad SMARTS) is 1. The molecule has 4 nitrogen and oxygen atoms in total. The highest BCUT2D eigenvalue weighted by molar-refractivity contribution is 7.21. The van der Waals surface area contributed by atoms with E-state index in [1.807, 2.05) is 30.3 Å². The second-order valence-electron chi connectivity index (χ2n) is 5.71. The summed E-state index contributed by atoms with van der Waals surface area (Å²) in [6.45, 7) is 0. The molecule has 0 saturated heterocycles. The molecule has 1 aromatic carbocycles. The van der Waals surface area contributed by atoms with Crippen LogP contribution in [-0.2, 0) is 0 Å². The molecule has 116 valence electrons. The maximum absolute atomic E-state index is 11.4. The smallest absolute Gasteiger partial charge is 0.348 e. The Kier molecular flexibility index (Phi) is 3.28. The van der Waals surface area contributed by atoms with Gasteiger partial charge in [0.25, 0.3) is 0 Å². The second kappa shape index (κ2) is 5.22. The third-order valence-corrected chi connectivity index (χ3v) is 5.40. The first-order chi connectivity index (χ1) is 11.0. The van der Waals surface area contributed by atoms with E-state index in [0.717, 1.165) is 46.4 Å². The number of anilines is 1. The Morgan fingerprint density at radius 1 is 1.30 bits per heavy atom. The summed E-state index contributed by atoms with van der Waals surface area (Å²) < 4.78 is 0. The molecule has 3 aromatic rings. The average molecular weight is 345 g/mol. The minimum Gasteiger partial charge on any atom is -0.477 e. The number of carbonyl (C=O) groups is 1. The molecule has 23 heavy (non-hydrogen) atoms. The highest BCUT2D eigenvalue weighted by Gasteiger charge is 2.28. The van der Waals surface area contributed by atoms with Gasteiger partial charge in [0.1, 0.15) is 9.71 Å². The lowest BCUT2D eigenvalue weighted by Crippen LogP contribution is -1.98. The van der Waals surface area contributed by atoms with Crippen LogP contribution in [0.4, 0.5) is 5.69 Å². The van der Waals surface area contributed by atoms with Crippen LogP contribution in [-0.4, -0.2) is 16.1 Å². The van der Waals surface area contributed by atoms with Crippen LogP contribution in [0, 0.1) is 0 Å². The summed E-state index contributed by atoms with van der Waals surface area (Å²) in [5.74, 6) is -0.539. The van der Waals surface area contributed by atoms with Crippen LogP contribution in [0.3, 0.4) is 0 Å². The number of nitrogens with two attached hydrogens (primary N) is 1. The van der Waals surface area contributed by atoms with Crippen molar-refractivity contribution in [1.29, 1.82) is 0 Å². The Hall–Kier alpha value is -2.11. The molecule has 0 aliphatic heterocycles. The zero-order valence-electron chi connectivity index (χ0n) is 12.0. The van der Waals surface area contributed by atoms with Gasteiger partial charge in [-0.1, -0.05) is 23.7 Å². The lowest BCUT2D eigenvalue weighted by molar-refractivity contribution is 0.0703. The van der Waals surface area contributed by atoms with Crippen LogP contribution in [0.2, 0.25) is 5.02 Å². The SMILES string of the molecule is Nc1c(C(=O)O)sc2nc(C3CC3)cc(-c3ccc(Cl)cc3)c12. The van der Waals surface area contributed by atoms with Crippen molar-refractivity contribution in [1.82, 2.24) is 4.98 Å². The Labute approximate surface area is 141 Å². The van der Waals surface area contributed by atoms with Crippen molar-refractivity contribution in [2.75, 3.05) is 5.73 Å². The first-order valence-electron chi connectivity index (χ1n) is 7.26. The lowest BCUT2D eigenvalue weighted by atomic mass is 10.0. The Morgan fingerprint density at radius 3 is 2.61 bits per heavy atom. The van der Waals surface area contributed by atoms with Crippen LogP contribution in [0.15, 0.2) is 30.3 Å². The Morgan fingerprint density at radius 2 is 2.00 bits per heavy atom. The molecule has 3 N–H and O–H groups in total. The van der Waals surface area contributed by atoms with E-state index in [4.69, 9.17) is 17.3 Å². The third kappa shape index (κ3) is 2.46. The van der Waals surface area contributed by atoms with E-state index >= 15 is 0 Å². The van der Waals surface area contributed by atoms with E-state index in [1.165, 1.54) is 0 Å². The monoisotopic (exact) mass is 344 g/mol. The number of thiophene rings is 1. The van der Waals surface area contributed by atoms with Gasteiger partial charge in [-0.05, 0) is 42.2 Å². The van der Waals surface area contributed by atoms with Crippen LogP contribution in [0.5, 0.6) is 0 Å². The maximum Gasteiger partial charge on any atom is 0.348 e. The Balaban J connectivity index is 2.03. The van der Waals surface area contributed by atoms with Crippen molar-refractivity contribution < 1.29 is 9.90 Å². The van der Waals surface area contributed by atoms with Gasteiger partial charge in [-0.2, -0.15) is 0 Å². The summed E-state index contributed by atoms with van der Waals surface area (Å²) in [4.78, 5) is 16.9. The van der Waals surface area contributed by atoms with Gasteiger partial charge in [-0.25, -0.2) is 9.78 Å². The van der Waals surface area contributed by atoms with E-state index in [2.05, 4.69) is 4.98 Å². The molecule has 0 atom stereocenters. The maximum atomic E-state index is 11.4. The standard InChI is InChI=1S/C17H13ClN2O2S/c18-10-5-3-8(4-6-10)11-7-12(9-1-2-9)20-16-13(11)14(19)15(23-16)17(21)22/h3-7,9H,1-2,19H2,(H,21,22). The zero-order valence-corrected chi connectivity index (χ0v) is 13.6. The molecule has 1 aliphatic rings. The third-order valence-electron chi connectivity index (χ3n) is 4.06. The van der Waals surface area contributed by atoms with Gasteiger partial charge in [-0.3, -0.25) is 0 Å². The first kappa shape index (κ1) is 14.5. The van der Waals surface area contributed by atoms with Crippen molar-refractivity contribution in [3.05, 3.63) is 45.9 Å². The number of rotatable bonds is 3. The molecule has 0 unspecified atom stereocenters. The molecular formula is C17H13ClN2O2S. The van der Waals surface area contributed by atoms with Gasteiger partial charge in [0.15, 0.2) is 0 Å². The van der Waals surface area contributed by atoms with E-state index in [0.29, 0.717) is 15.8 Å². The summed E-state index contributed by atoms with van der Waals surface area (Å²) in [5.41, 5.74) is 9.31. The largest absolute Gasteiger partial charge is 0.477 e. The van der Waals surface area contributed by atoms with Gasteiger partial charge < -0.3 is 10.8 Å². The van der Waals surface area contributed by atoms with Gasteiger partial charge >= 0.3 is 5.97 Å². The molecule has 4 rings (SSSR count). The Bertz CT molecular complexity index is 930. The molecule has 0 radical (unpaired) electrons. The molecule has 1 fully saturated rings. The van der Waals surface area contributed by atoms with E-state index in [9.17, 15) is 9.90 Å². The zero-order chi connectivity index (χ0) is 16.1. The molecule has 0 amide bonds. The number of nitrogens with zero attached hydrogens (tertiary/aromatic N) is 1. The summed E-state index contributed by atoms with van der Waals surface area (Å²) in [7, 11) is 0. The molecule has 0 spiro atoms. The molecule has 6 heteroatoms. The molecule has 2 heterocycles. The van der Waals surface area contributed by atoms with Crippen LogP contribution < -0.4 is 5.73 Å². The normalized spacial score (nSPS) is 14.3. The summed E-state index contributed by atoms with van der Waals surface area (Å²) in [5, 5.41) is 10.7. The van der Waals surface area contributed by atoms with Gasteiger partial charge in [-0.15, -0.1) is 11.3 Å². The minimum atomic E-state index is -1.01. The average Bonchev–Trinajstić information content (AvgIpc) is 3.32. The van der Waals surface area contributed by atoms with Crippen molar-refractivity contribution >= 4 is 44.8 Å². The molecule has 2 aromatic heterocycles. The van der Waals surface area contributed by atoms with E-state index in [-0.39, 0.29) is 10.6 Å². The summed E-state index contributed by atoms with van der Waals surface area (Å²) in [6.07, 6.45) is 2.26.